The number of hydrogen-bond acceptors (Lipinski definition) is 4. The highest BCUT2D eigenvalue weighted by molar-refractivity contribution is 7.10. The molecule has 0 spiro atoms. The van der Waals surface area contributed by atoms with E-state index < -0.39 is 0 Å². The molecular formula is C27H26N2O2S. The van der Waals surface area contributed by atoms with Crippen LogP contribution >= 0.6 is 11.3 Å². The largest absolute Gasteiger partial charge is 0.440 e. The molecule has 0 N–H and O–H groups in total. The predicted molar refractivity (Wildman–Crippen MR) is 128 cm³/mol. The summed E-state index contributed by atoms with van der Waals surface area (Å²) in [6.45, 7) is 2.95. The number of amides is 1. The fraction of sp³-hybridized carbons (Fsp3) is 0.259. The van der Waals surface area contributed by atoms with Gasteiger partial charge in [-0.2, -0.15) is 0 Å². The maximum absolute atomic E-state index is 13.2. The molecular weight excluding hydrogens is 416 g/mol. The fourth-order valence-electron chi connectivity index (χ4n) is 4.54. The van der Waals surface area contributed by atoms with E-state index in [1.807, 2.05) is 65.6 Å². The summed E-state index contributed by atoms with van der Waals surface area (Å²) in [4.78, 5) is 21.4. The molecule has 5 rings (SSSR count). The standard InChI is InChI=1S/C27H26N2O2S/c1-2-22-21-16-18-32-23(21)15-17-29(22)25(30)14-13-24-28-26(19-9-5-3-6-10-19)27(31-24)20-11-7-4-8-12-20/h3-12,16,18,22H,2,13-15,17H2,1H3. The van der Waals surface area contributed by atoms with Gasteiger partial charge in [-0.25, -0.2) is 4.98 Å². The van der Waals surface area contributed by atoms with Gasteiger partial charge >= 0.3 is 0 Å². The maximum Gasteiger partial charge on any atom is 0.223 e. The highest BCUT2D eigenvalue weighted by Crippen LogP contribution is 2.36. The van der Waals surface area contributed by atoms with Crippen molar-refractivity contribution in [1.29, 1.82) is 0 Å². The number of thiophene rings is 1. The third-order valence-electron chi connectivity index (χ3n) is 6.11. The molecule has 2 aromatic carbocycles. The van der Waals surface area contributed by atoms with E-state index >= 15 is 0 Å². The molecule has 1 atom stereocenters. The van der Waals surface area contributed by atoms with Crippen LogP contribution in [0.3, 0.4) is 0 Å². The Bertz CT molecular complexity index is 1140. The van der Waals surface area contributed by atoms with Crippen LogP contribution in [0.2, 0.25) is 0 Å². The van der Waals surface area contributed by atoms with Crippen LogP contribution in [-0.2, 0) is 17.6 Å². The number of aryl methyl sites for hydroxylation is 1. The second kappa shape index (κ2) is 9.13. The van der Waals surface area contributed by atoms with Gasteiger partial charge in [0.15, 0.2) is 11.7 Å². The highest BCUT2D eigenvalue weighted by atomic mass is 32.1. The zero-order chi connectivity index (χ0) is 21.9. The van der Waals surface area contributed by atoms with Crippen molar-refractivity contribution in [3.8, 4) is 22.6 Å². The van der Waals surface area contributed by atoms with E-state index in [2.05, 4.69) is 18.4 Å². The van der Waals surface area contributed by atoms with Crippen LogP contribution in [0.15, 0.2) is 76.5 Å². The first-order chi connectivity index (χ1) is 15.7. The molecule has 162 valence electrons. The van der Waals surface area contributed by atoms with Crippen molar-refractivity contribution >= 4 is 17.2 Å². The quantitative estimate of drug-likeness (QED) is 0.341. The van der Waals surface area contributed by atoms with Crippen LogP contribution in [0, 0.1) is 0 Å². The van der Waals surface area contributed by atoms with Crippen LogP contribution in [0.1, 0.15) is 42.1 Å². The minimum atomic E-state index is 0.175. The summed E-state index contributed by atoms with van der Waals surface area (Å²) in [7, 11) is 0. The average Bonchev–Trinajstić information content (AvgIpc) is 3.50. The number of carbonyl (C=O) groups excluding carboxylic acids is 1. The Hall–Kier alpha value is -3.18. The van der Waals surface area contributed by atoms with Crippen LogP contribution in [0.4, 0.5) is 0 Å². The lowest BCUT2D eigenvalue weighted by molar-refractivity contribution is -0.134. The lowest BCUT2D eigenvalue weighted by atomic mass is 9.97. The second-order valence-corrected chi connectivity index (χ2v) is 9.08. The summed E-state index contributed by atoms with van der Waals surface area (Å²) in [6.07, 6.45) is 2.78. The first-order valence-corrected chi connectivity index (χ1v) is 12.1. The Morgan fingerprint density at radius 2 is 1.78 bits per heavy atom. The molecule has 0 bridgehead atoms. The van der Waals surface area contributed by atoms with Crippen LogP contribution in [-0.4, -0.2) is 22.3 Å². The number of nitrogens with zero attached hydrogens (tertiary/aromatic N) is 2. The molecule has 4 aromatic rings. The van der Waals surface area contributed by atoms with E-state index in [0.29, 0.717) is 18.7 Å². The molecule has 1 amide bonds. The van der Waals surface area contributed by atoms with Gasteiger partial charge in [-0.05, 0) is 29.9 Å². The molecule has 0 saturated heterocycles. The third-order valence-corrected chi connectivity index (χ3v) is 7.11. The summed E-state index contributed by atoms with van der Waals surface area (Å²) >= 11 is 1.81. The number of oxazole rings is 1. The van der Waals surface area contributed by atoms with Crippen molar-refractivity contribution in [1.82, 2.24) is 9.88 Å². The highest BCUT2D eigenvalue weighted by Gasteiger charge is 2.30. The number of hydrogen-bond donors (Lipinski definition) is 0. The summed E-state index contributed by atoms with van der Waals surface area (Å²) in [5.74, 6) is 1.54. The monoisotopic (exact) mass is 442 g/mol. The Morgan fingerprint density at radius 3 is 2.50 bits per heavy atom. The van der Waals surface area contributed by atoms with E-state index in [1.165, 1.54) is 10.4 Å². The van der Waals surface area contributed by atoms with Crippen LogP contribution in [0.25, 0.3) is 22.6 Å². The van der Waals surface area contributed by atoms with E-state index in [0.717, 1.165) is 42.0 Å². The zero-order valence-electron chi connectivity index (χ0n) is 18.2. The Morgan fingerprint density at radius 1 is 1.06 bits per heavy atom. The van der Waals surface area contributed by atoms with E-state index in [1.54, 1.807) is 11.3 Å². The molecule has 1 unspecified atom stereocenters. The summed E-state index contributed by atoms with van der Waals surface area (Å²) in [5.41, 5.74) is 4.15. The van der Waals surface area contributed by atoms with Crippen molar-refractivity contribution in [2.75, 3.05) is 6.54 Å². The first-order valence-electron chi connectivity index (χ1n) is 11.2. The molecule has 3 heterocycles. The number of fused-ring (bicyclic) bond motifs is 1. The van der Waals surface area contributed by atoms with Crippen molar-refractivity contribution in [2.24, 2.45) is 0 Å². The van der Waals surface area contributed by atoms with Gasteiger partial charge in [-0.15, -0.1) is 11.3 Å². The van der Waals surface area contributed by atoms with Gasteiger partial charge < -0.3 is 9.32 Å². The van der Waals surface area contributed by atoms with Crippen LogP contribution < -0.4 is 0 Å². The molecule has 0 fully saturated rings. The lowest BCUT2D eigenvalue weighted by Crippen LogP contribution is -2.39. The van der Waals surface area contributed by atoms with Crippen LogP contribution in [0.5, 0.6) is 0 Å². The zero-order valence-corrected chi connectivity index (χ0v) is 19.0. The second-order valence-electron chi connectivity index (χ2n) is 8.08. The van der Waals surface area contributed by atoms with Gasteiger partial charge in [-0.3, -0.25) is 4.79 Å². The van der Waals surface area contributed by atoms with Gasteiger partial charge in [0.2, 0.25) is 5.91 Å². The molecule has 0 radical (unpaired) electrons. The van der Waals surface area contributed by atoms with Crippen molar-refractivity contribution in [3.05, 3.63) is 88.4 Å². The van der Waals surface area contributed by atoms with Gasteiger partial charge in [0.25, 0.3) is 0 Å². The van der Waals surface area contributed by atoms with Gasteiger partial charge in [0, 0.05) is 35.4 Å². The normalized spacial score (nSPS) is 15.5. The minimum Gasteiger partial charge on any atom is -0.440 e. The average molecular weight is 443 g/mol. The maximum atomic E-state index is 13.2. The summed E-state index contributed by atoms with van der Waals surface area (Å²) in [5, 5.41) is 2.14. The van der Waals surface area contributed by atoms with Gasteiger partial charge in [-0.1, -0.05) is 67.6 Å². The lowest BCUT2D eigenvalue weighted by Gasteiger charge is -2.35. The Balaban J connectivity index is 1.37. The van der Waals surface area contributed by atoms with E-state index in [4.69, 9.17) is 9.40 Å². The van der Waals surface area contributed by atoms with E-state index in [9.17, 15) is 4.79 Å². The fourth-order valence-corrected chi connectivity index (χ4v) is 5.47. The minimum absolute atomic E-state index is 0.175. The number of carbonyl (C=O) groups is 1. The molecule has 4 nitrogen and oxygen atoms in total. The molecule has 0 saturated carbocycles. The molecule has 1 aliphatic heterocycles. The number of benzene rings is 2. The molecule has 0 aliphatic carbocycles. The Labute approximate surface area is 192 Å². The number of rotatable bonds is 6. The third kappa shape index (κ3) is 4.00. The molecule has 5 heteroatoms. The van der Waals surface area contributed by atoms with Gasteiger partial charge in [0.05, 0.1) is 6.04 Å². The Kier molecular flexibility index (Phi) is 5.91. The molecule has 2 aromatic heterocycles. The molecule has 32 heavy (non-hydrogen) atoms. The predicted octanol–water partition coefficient (Wildman–Crippen LogP) is 6.54. The number of aromatic nitrogens is 1. The van der Waals surface area contributed by atoms with E-state index in [-0.39, 0.29) is 11.9 Å². The first kappa shape index (κ1) is 20.7. The molecule has 1 aliphatic rings. The van der Waals surface area contributed by atoms with Crippen molar-refractivity contribution in [3.63, 3.8) is 0 Å². The van der Waals surface area contributed by atoms with Gasteiger partial charge in [0.1, 0.15) is 5.69 Å². The topological polar surface area (TPSA) is 46.3 Å². The smallest absolute Gasteiger partial charge is 0.223 e. The van der Waals surface area contributed by atoms with Crippen molar-refractivity contribution in [2.45, 2.75) is 38.6 Å². The summed E-state index contributed by atoms with van der Waals surface area (Å²) in [6, 6.07) is 22.5. The SMILES string of the molecule is CCC1c2ccsc2CCN1C(=O)CCc1nc(-c2ccccc2)c(-c2ccccc2)o1. The van der Waals surface area contributed by atoms with Crippen molar-refractivity contribution < 1.29 is 9.21 Å². The summed E-state index contributed by atoms with van der Waals surface area (Å²) < 4.78 is 6.21.